The molecule has 0 saturated carbocycles. The van der Waals surface area contributed by atoms with E-state index in [0.29, 0.717) is 19.2 Å². The van der Waals surface area contributed by atoms with Crippen LogP contribution in [0.25, 0.3) is 0 Å². The molecule has 0 aliphatic carbocycles. The first-order valence-electron chi connectivity index (χ1n) is 5.22. The molecule has 2 amide bonds. The number of carbonyl (C=O) groups is 1. The molecule has 2 rings (SSSR count). The van der Waals surface area contributed by atoms with E-state index in [4.69, 9.17) is 5.11 Å². The molecule has 0 aromatic heterocycles. The average Bonchev–Trinajstić information content (AvgIpc) is 2.21. The van der Waals surface area contributed by atoms with E-state index in [1.54, 1.807) is 0 Å². The largest absolute Gasteiger partial charge is 0.396 e. The number of hydrogen-bond donors (Lipinski definition) is 2. The smallest absolute Gasteiger partial charge is 0.321 e. The van der Waals surface area contributed by atoms with Gasteiger partial charge >= 0.3 is 6.03 Å². The molecule has 1 fully saturated rings. The summed E-state index contributed by atoms with van der Waals surface area (Å²) in [7, 11) is 0. The molecule has 0 atom stereocenters. The Labute approximate surface area is 96.8 Å². The van der Waals surface area contributed by atoms with Crippen molar-refractivity contribution in [2.24, 2.45) is 5.92 Å². The Morgan fingerprint density at radius 3 is 2.76 bits per heavy atom. The Bertz CT molecular complexity index is 433. The fourth-order valence-corrected chi connectivity index (χ4v) is 1.64. The topological polar surface area (TPSA) is 52.6 Å². The van der Waals surface area contributed by atoms with E-state index in [-0.39, 0.29) is 18.2 Å². The van der Waals surface area contributed by atoms with Gasteiger partial charge in [-0.1, -0.05) is 0 Å². The molecular formula is C11H12F2N2O2. The Kier molecular flexibility index (Phi) is 3.23. The Morgan fingerprint density at radius 1 is 1.47 bits per heavy atom. The SMILES string of the molecule is O=C(Nc1ccc(F)cc1F)N1CC(CO)C1. The standard InChI is InChI=1S/C11H12F2N2O2/c12-8-1-2-10(9(13)3-8)14-11(17)15-4-7(5-15)6-16/h1-3,7,16H,4-6H2,(H,14,17). The number of anilines is 1. The summed E-state index contributed by atoms with van der Waals surface area (Å²) in [5.74, 6) is -1.40. The number of aliphatic hydroxyl groups excluding tert-OH is 1. The summed E-state index contributed by atoms with van der Waals surface area (Å²) in [6, 6.07) is 2.51. The van der Waals surface area contributed by atoms with Gasteiger partial charge in [0.1, 0.15) is 11.6 Å². The number of aliphatic hydroxyl groups is 1. The molecule has 1 aromatic carbocycles. The number of nitrogens with one attached hydrogen (secondary N) is 1. The lowest BCUT2D eigenvalue weighted by molar-refractivity contribution is 0.0838. The number of carbonyl (C=O) groups excluding carboxylic acids is 1. The van der Waals surface area contributed by atoms with Crippen LogP contribution in [0.4, 0.5) is 19.3 Å². The summed E-state index contributed by atoms with van der Waals surface area (Å²) in [6.45, 7) is 0.935. The van der Waals surface area contributed by atoms with Gasteiger partial charge in [0.05, 0.1) is 5.69 Å². The number of rotatable bonds is 2. The highest BCUT2D eigenvalue weighted by Crippen LogP contribution is 2.19. The fourth-order valence-electron chi connectivity index (χ4n) is 1.64. The molecule has 92 valence electrons. The van der Waals surface area contributed by atoms with Gasteiger partial charge in [-0.25, -0.2) is 13.6 Å². The number of hydrogen-bond acceptors (Lipinski definition) is 2. The zero-order valence-electron chi connectivity index (χ0n) is 8.99. The van der Waals surface area contributed by atoms with Gasteiger partial charge in [0.25, 0.3) is 0 Å². The van der Waals surface area contributed by atoms with Crippen LogP contribution in [0.5, 0.6) is 0 Å². The van der Waals surface area contributed by atoms with Crippen molar-refractivity contribution < 1.29 is 18.7 Å². The van der Waals surface area contributed by atoms with Crippen molar-refractivity contribution in [3.05, 3.63) is 29.8 Å². The van der Waals surface area contributed by atoms with Crippen LogP contribution in [0, 0.1) is 17.6 Å². The molecule has 1 aliphatic heterocycles. The second kappa shape index (κ2) is 4.67. The molecular weight excluding hydrogens is 230 g/mol. The third-order valence-electron chi connectivity index (χ3n) is 2.68. The van der Waals surface area contributed by atoms with Crippen molar-refractivity contribution in [2.75, 3.05) is 25.0 Å². The first-order valence-corrected chi connectivity index (χ1v) is 5.22. The molecule has 0 bridgehead atoms. The summed E-state index contributed by atoms with van der Waals surface area (Å²) in [5, 5.41) is 11.1. The van der Waals surface area contributed by atoms with E-state index in [1.165, 1.54) is 11.0 Å². The summed E-state index contributed by atoms with van der Waals surface area (Å²) < 4.78 is 25.9. The third-order valence-corrected chi connectivity index (χ3v) is 2.68. The zero-order valence-corrected chi connectivity index (χ0v) is 8.99. The predicted octanol–water partition coefficient (Wildman–Crippen LogP) is 1.42. The first-order chi connectivity index (χ1) is 8.10. The lowest BCUT2D eigenvalue weighted by atomic mass is 10.0. The van der Waals surface area contributed by atoms with Gasteiger partial charge in [0.15, 0.2) is 0 Å². The van der Waals surface area contributed by atoms with Gasteiger partial charge in [0, 0.05) is 31.7 Å². The highest BCUT2D eigenvalue weighted by molar-refractivity contribution is 5.89. The normalized spacial score (nSPS) is 15.6. The minimum Gasteiger partial charge on any atom is -0.396 e. The van der Waals surface area contributed by atoms with Gasteiger partial charge in [-0.15, -0.1) is 0 Å². The van der Waals surface area contributed by atoms with Crippen LogP contribution in [0.1, 0.15) is 0 Å². The van der Waals surface area contributed by atoms with E-state index in [2.05, 4.69) is 5.32 Å². The molecule has 0 spiro atoms. The second-order valence-electron chi connectivity index (χ2n) is 4.01. The van der Waals surface area contributed by atoms with Gasteiger partial charge in [0.2, 0.25) is 0 Å². The van der Waals surface area contributed by atoms with E-state index in [1.807, 2.05) is 0 Å². The number of nitrogens with zero attached hydrogens (tertiary/aromatic N) is 1. The monoisotopic (exact) mass is 242 g/mol. The Hall–Kier alpha value is -1.69. The van der Waals surface area contributed by atoms with Gasteiger partial charge in [-0.3, -0.25) is 0 Å². The number of likely N-dealkylation sites (tertiary alicyclic amines) is 1. The third kappa shape index (κ3) is 2.52. The van der Waals surface area contributed by atoms with Gasteiger partial charge < -0.3 is 15.3 Å². The van der Waals surface area contributed by atoms with Crippen LogP contribution in [0.3, 0.4) is 0 Å². The maximum atomic E-state index is 13.2. The molecule has 1 saturated heterocycles. The lowest BCUT2D eigenvalue weighted by Gasteiger charge is -2.38. The Balaban J connectivity index is 1.95. The lowest BCUT2D eigenvalue weighted by Crippen LogP contribution is -2.52. The minimum absolute atomic E-state index is 0.0364. The maximum Gasteiger partial charge on any atom is 0.321 e. The summed E-state index contributed by atoms with van der Waals surface area (Å²) in [4.78, 5) is 13.0. The van der Waals surface area contributed by atoms with Crippen molar-refractivity contribution in [1.82, 2.24) is 4.90 Å². The van der Waals surface area contributed by atoms with Crippen LogP contribution >= 0.6 is 0 Å². The highest BCUT2D eigenvalue weighted by atomic mass is 19.1. The van der Waals surface area contributed by atoms with E-state index in [0.717, 1.165) is 6.07 Å². The van der Waals surface area contributed by atoms with Crippen molar-refractivity contribution >= 4 is 11.7 Å². The summed E-state index contributed by atoms with van der Waals surface area (Å²) in [5.41, 5.74) is -0.0520. The van der Waals surface area contributed by atoms with Crippen molar-refractivity contribution in [3.63, 3.8) is 0 Å². The first kappa shape index (κ1) is 11.8. The molecule has 2 N–H and O–H groups in total. The Morgan fingerprint density at radius 2 is 2.18 bits per heavy atom. The zero-order chi connectivity index (χ0) is 12.4. The minimum atomic E-state index is -0.808. The number of urea groups is 1. The van der Waals surface area contributed by atoms with Crippen molar-refractivity contribution in [3.8, 4) is 0 Å². The highest BCUT2D eigenvalue weighted by Gasteiger charge is 2.30. The van der Waals surface area contributed by atoms with E-state index >= 15 is 0 Å². The fraction of sp³-hybridized carbons (Fsp3) is 0.364. The molecule has 1 aromatic rings. The average molecular weight is 242 g/mol. The van der Waals surface area contributed by atoms with Crippen LogP contribution in [0.2, 0.25) is 0 Å². The van der Waals surface area contributed by atoms with Gasteiger partial charge in [-0.2, -0.15) is 0 Å². The van der Waals surface area contributed by atoms with Crippen molar-refractivity contribution in [1.29, 1.82) is 0 Å². The summed E-state index contributed by atoms with van der Waals surface area (Å²) in [6.07, 6.45) is 0. The van der Waals surface area contributed by atoms with Crippen molar-refractivity contribution in [2.45, 2.75) is 0 Å². The molecule has 4 nitrogen and oxygen atoms in total. The van der Waals surface area contributed by atoms with Gasteiger partial charge in [-0.05, 0) is 12.1 Å². The molecule has 1 aliphatic rings. The molecule has 17 heavy (non-hydrogen) atoms. The van der Waals surface area contributed by atoms with E-state index in [9.17, 15) is 13.6 Å². The van der Waals surface area contributed by atoms with Crippen LogP contribution < -0.4 is 5.32 Å². The number of benzene rings is 1. The molecule has 6 heteroatoms. The van der Waals surface area contributed by atoms with E-state index < -0.39 is 17.7 Å². The molecule has 0 radical (unpaired) electrons. The number of halogens is 2. The quantitative estimate of drug-likeness (QED) is 0.824. The maximum absolute atomic E-state index is 13.2. The number of amides is 2. The van der Waals surface area contributed by atoms with Crippen LogP contribution in [-0.2, 0) is 0 Å². The van der Waals surface area contributed by atoms with Crippen LogP contribution in [0.15, 0.2) is 18.2 Å². The molecule has 1 heterocycles. The second-order valence-corrected chi connectivity index (χ2v) is 4.01. The summed E-state index contributed by atoms with van der Waals surface area (Å²) >= 11 is 0. The van der Waals surface area contributed by atoms with Crippen LogP contribution in [-0.4, -0.2) is 35.7 Å². The molecule has 0 unspecified atom stereocenters. The predicted molar refractivity (Wildman–Crippen MR) is 57.5 cm³/mol.